The zero-order chi connectivity index (χ0) is 15.4. The molecule has 2 rings (SSSR count). The molecule has 0 spiro atoms. The lowest BCUT2D eigenvalue weighted by atomic mass is 10.0. The van der Waals surface area contributed by atoms with Gasteiger partial charge in [0.05, 0.1) is 12.6 Å². The maximum absolute atomic E-state index is 12.3. The van der Waals surface area contributed by atoms with Crippen LogP contribution in [-0.2, 0) is 11.8 Å². The number of aromatic nitrogens is 2. The van der Waals surface area contributed by atoms with Gasteiger partial charge in [-0.15, -0.1) is 0 Å². The van der Waals surface area contributed by atoms with Gasteiger partial charge in [0.15, 0.2) is 0 Å². The van der Waals surface area contributed by atoms with Crippen LogP contribution in [0, 0.1) is 5.92 Å². The highest BCUT2D eigenvalue weighted by Crippen LogP contribution is 2.23. The Morgan fingerprint density at radius 3 is 2.67 bits per heavy atom. The van der Waals surface area contributed by atoms with Crippen molar-refractivity contribution < 1.29 is 4.79 Å². The van der Waals surface area contributed by atoms with Crippen LogP contribution in [0.5, 0.6) is 0 Å². The largest absolute Gasteiger partial charge is 0.345 e. The van der Waals surface area contributed by atoms with Gasteiger partial charge in [-0.3, -0.25) is 9.69 Å². The van der Waals surface area contributed by atoms with E-state index >= 15 is 0 Å². The quantitative estimate of drug-likeness (QED) is 0.873. The summed E-state index contributed by atoms with van der Waals surface area (Å²) < 4.78 is 1.98. The average molecular weight is 292 g/mol. The van der Waals surface area contributed by atoms with Crippen LogP contribution in [0.3, 0.4) is 0 Å². The Hall–Kier alpha value is -1.36. The number of hydrogen-bond donors (Lipinski definition) is 1. The zero-order valence-corrected chi connectivity index (χ0v) is 13.7. The molecule has 1 amide bonds. The van der Waals surface area contributed by atoms with Crippen LogP contribution in [0.15, 0.2) is 12.4 Å². The Balaban J connectivity index is 1.94. The van der Waals surface area contributed by atoms with Crippen molar-refractivity contribution in [2.75, 3.05) is 13.6 Å². The Bertz CT molecular complexity index is 463. The summed E-state index contributed by atoms with van der Waals surface area (Å²) in [7, 11) is 4.02. The maximum atomic E-state index is 12.3. The molecule has 1 aliphatic rings. The minimum Gasteiger partial charge on any atom is -0.345 e. The summed E-state index contributed by atoms with van der Waals surface area (Å²) in [6.07, 6.45) is 8.72. The van der Waals surface area contributed by atoms with Gasteiger partial charge in [-0.1, -0.05) is 26.7 Å². The molecule has 0 radical (unpaired) electrons. The number of rotatable bonds is 6. The van der Waals surface area contributed by atoms with Gasteiger partial charge in [-0.25, -0.2) is 4.98 Å². The molecule has 0 bridgehead atoms. The Kier molecular flexibility index (Phi) is 5.39. The number of carbonyl (C=O) groups is 1. The topological polar surface area (TPSA) is 50.2 Å². The molecule has 1 fully saturated rings. The van der Waals surface area contributed by atoms with Gasteiger partial charge in [0.2, 0.25) is 5.91 Å². The third-order valence-corrected chi connectivity index (χ3v) is 4.46. The molecule has 1 aromatic heterocycles. The zero-order valence-electron chi connectivity index (χ0n) is 13.7. The van der Waals surface area contributed by atoms with E-state index in [0.29, 0.717) is 18.5 Å². The molecule has 1 N–H and O–H groups in total. The number of carbonyl (C=O) groups excluding carboxylic acids is 1. The van der Waals surface area contributed by atoms with E-state index < -0.39 is 0 Å². The summed E-state index contributed by atoms with van der Waals surface area (Å²) in [6, 6.07) is 0.538. The smallest absolute Gasteiger partial charge is 0.234 e. The molecule has 1 unspecified atom stereocenters. The fraction of sp³-hybridized carbons (Fsp3) is 0.750. The molecule has 1 saturated carbocycles. The van der Waals surface area contributed by atoms with Crippen molar-refractivity contribution in [3.8, 4) is 0 Å². The minimum atomic E-state index is -0.0329. The standard InChI is InChI=1S/C16H28N4O/c1-12(2)15(16-17-9-10-19(16)3)18-14(21)11-20(4)13-7-5-6-8-13/h9-10,12-13,15H,5-8,11H2,1-4H3,(H,18,21). The summed E-state index contributed by atoms with van der Waals surface area (Å²) in [6.45, 7) is 4.69. The number of likely N-dealkylation sites (N-methyl/N-ethyl adjacent to an activating group) is 1. The lowest BCUT2D eigenvalue weighted by Crippen LogP contribution is -2.42. The van der Waals surface area contributed by atoms with Gasteiger partial charge < -0.3 is 9.88 Å². The Morgan fingerprint density at radius 2 is 2.14 bits per heavy atom. The first kappa shape index (κ1) is 16.0. The average Bonchev–Trinajstić information content (AvgIpc) is 3.06. The van der Waals surface area contributed by atoms with Crippen molar-refractivity contribution in [3.05, 3.63) is 18.2 Å². The van der Waals surface area contributed by atoms with Crippen molar-refractivity contribution >= 4 is 5.91 Å². The van der Waals surface area contributed by atoms with Crippen LogP contribution in [0.4, 0.5) is 0 Å². The molecule has 1 aromatic rings. The van der Waals surface area contributed by atoms with Crippen LogP contribution in [0.25, 0.3) is 0 Å². The summed E-state index contributed by atoms with van der Waals surface area (Å²) in [5.41, 5.74) is 0. The van der Waals surface area contributed by atoms with Gasteiger partial charge in [0, 0.05) is 25.5 Å². The van der Waals surface area contributed by atoms with E-state index in [4.69, 9.17) is 0 Å². The third-order valence-electron chi connectivity index (χ3n) is 4.46. The first-order chi connectivity index (χ1) is 9.99. The van der Waals surface area contributed by atoms with Gasteiger partial charge >= 0.3 is 0 Å². The van der Waals surface area contributed by atoms with Crippen LogP contribution in [0.2, 0.25) is 0 Å². The molecule has 5 nitrogen and oxygen atoms in total. The van der Waals surface area contributed by atoms with E-state index in [-0.39, 0.29) is 11.9 Å². The SMILES string of the molecule is CC(C)C(NC(=O)CN(C)C1CCCC1)c1nccn1C. The summed E-state index contributed by atoms with van der Waals surface area (Å²) in [5, 5.41) is 3.15. The fourth-order valence-electron chi connectivity index (χ4n) is 3.13. The Morgan fingerprint density at radius 1 is 1.48 bits per heavy atom. The molecule has 5 heteroatoms. The van der Waals surface area contributed by atoms with E-state index in [0.717, 1.165) is 5.82 Å². The lowest BCUT2D eigenvalue weighted by Gasteiger charge is -2.26. The molecule has 0 aromatic carbocycles. The number of hydrogen-bond acceptors (Lipinski definition) is 3. The van der Waals surface area contributed by atoms with Crippen molar-refractivity contribution in [3.63, 3.8) is 0 Å². The van der Waals surface area contributed by atoms with Gasteiger partial charge in [0.1, 0.15) is 5.82 Å². The number of amides is 1. The predicted molar refractivity (Wildman–Crippen MR) is 83.8 cm³/mol. The molecule has 1 aliphatic carbocycles. The highest BCUT2D eigenvalue weighted by atomic mass is 16.2. The second-order valence-corrected chi connectivity index (χ2v) is 6.54. The molecule has 0 saturated heterocycles. The molecular formula is C16H28N4O. The van der Waals surface area contributed by atoms with E-state index in [1.807, 2.05) is 17.8 Å². The summed E-state index contributed by atoms with van der Waals surface area (Å²) in [4.78, 5) is 18.9. The van der Waals surface area contributed by atoms with Crippen LogP contribution < -0.4 is 5.32 Å². The van der Waals surface area contributed by atoms with Crippen molar-refractivity contribution in [1.29, 1.82) is 0 Å². The van der Waals surface area contributed by atoms with Crippen molar-refractivity contribution in [2.24, 2.45) is 13.0 Å². The first-order valence-electron chi connectivity index (χ1n) is 7.96. The van der Waals surface area contributed by atoms with E-state index in [1.54, 1.807) is 6.20 Å². The molecule has 0 aliphatic heterocycles. The van der Waals surface area contributed by atoms with Crippen LogP contribution in [0.1, 0.15) is 51.4 Å². The van der Waals surface area contributed by atoms with Crippen LogP contribution in [-0.4, -0.2) is 40.0 Å². The van der Waals surface area contributed by atoms with Crippen LogP contribution >= 0.6 is 0 Å². The fourth-order valence-corrected chi connectivity index (χ4v) is 3.13. The third kappa shape index (κ3) is 4.06. The number of nitrogens with zero attached hydrogens (tertiary/aromatic N) is 3. The lowest BCUT2D eigenvalue weighted by molar-refractivity contribution is -0.123. The number of aryl methyl sites for hydroxylation is 1. The summed E-state index contributed by atoms with van der Waals surface area (Å²) >= 11 is 0. The van der Waals surface area contributed by atoms with Gasteiger partial charge in [0.25, 0.3) is 0 Å². The monoisotopic (exact) mass is 292 g/mol. The van der Waals surface area contributed by atoms with E-state index in [1.165, 1.54) is 25.7 Å². The maximum Gasteiger partial charge on any atom is 0.234 e. The predicted octanol–water partition coefficient (Wildman–Crippen LogP) is 2.11. The molecule has 21 heavy (non-hydrogen) atoms. The highest BCUT2D eigenvalue weighted by Gasteiger charge is 2.25. The number of imidazole rings is 1. The summed E-state index contributed by atoms with van der Waals surface area (Å²) in [5.74, 6) is 1.32. The highest BCUT2D eigenvalue weighted by molar-refractivity contribution is 5.78. The van der Waals surface area contributed by atoms with Gasteiger partial charge in [-0.05, 0) is 25.8 Å². The van der Waals surface area contributed by atoms with Crippen molar-refractivity contribution in [1.82, 2.24) is 19.8 Å². The molecule has 1 heterocycles. The molecule has 118 valence electrons. The minimum absolute atomic E-state index is 0.0329. The van der Waals surface area contributed by atoms with Gasteiger partial charge in [-0.2, -0.15) is 0 Å². The normalized spacial score (nSPS) is 17.6. The number of nitrogens with one attached hydrogen (secondary N) is 1. The molecule has 1 atom stereocenters. The Labute approximate surface area is 127 Å². The van der Waals surface area contributed by atoms with E-state index in [9.17, 15) is 4.79 Å². The second kappa shape index (κ2) is 7.07. The van der Waals surface area contributed by atoms with E-state index in [2.05, 4.69) is 36.1 Å². The molecular weight excluding hydrogens is 264 g/mol. The van der Waals surface area contributed by atoms with Crippen molar-refractivity contribution in [2.45, 2.75) is 51.6 Å². The second-order valence-electron chi connectivity index (χ2n) is 6.54. The first-order valence-corrected chi connectivity index (χ1v) is 7.96.